The number of hydrogen-bond acceptors (Lipinski definition) is 1. The molecule has 1 aromatic heterocycles. The van der Waals surface area contributed by atoms with Crippen LogP contribution in [-0.4, -0.2) is 4.57 Å². The van der Waals surface area contributed by atoms with Crippen LogP contribution < -0.4 is 4.90 Å². The molecule has 10 aromatic carbocycles. The summed E-state index contributed by atoms with van der Waals surface area (Å²) in [5, 5.41) is 2.77. The molecule has 1 fully saturated rings. The Morgan fingerprint density at radius 3 is 1.61 bits per heavy atom. The van der Waals surface area contributed by atoms with E-state index in [1.54, 1.807) is 0 Å². The SMILES string of the molecule is CCCCCc1ccc2c(c1)c1cc(C3CCCC3)ccc1n2-c1ccc(-c2ccc(-c3ccc(N(c4ccc5c(c4)C(C)(C)c4ccccc4-5)c4c(-c5ccccc5)cccc4-c4ccccc4)cc3)cc2)cc1. The van der Waals surface area contributed by atoms with Gasteiger partial charge in [0.2, 0.25) is 0 Å². The summed E-state index contributed by atoms with van der Waals surface area (Å²) in [5.74, 6) is 0.686. The largest absolute Gasteiger partial charge is 0.309 e. The van der Waals surface area contributed by atoms with E-state index in [0.717, 1.165) is 23.5 Å². The molecule has 75 heavy (non-hydrogen) atoms. The van der Waals surface area contributed by atoms with Crippen LogP contribution in [0, 0.1) is 0 Å². The number of rotatable bonds is 13. The van der Waals surface area contributed by atoms with Crippen molar-refractivity contribution in [2.24, 2.45) is 0 Å². The number of nitrogens with zero attached hydrogens (tertiary/aromatic N) is 2. The molecule has 366 valence electrons. The van der Waals surface area contributed by atoms with Crippen LogP contribution in [0.5, 0.6) is 0 Å². The van der Waals surface area contributed by atoms with Crippen molar-refractivity contribution >= 4 is 38.9 Å². The Morgan fingerprint density at radius 2 is 0.973 bits per heavy atom. The van der Waals surface area contributed by atoms with Gasteiger partial charge in [-0.15, -0.1) is 0 Å². The molecule has 2 aliphatic carbocycles. The molecule has 1 heterocycles. The van der Waals surface area contributed by atoms with E-state index in [1.807, 2.05) is 0 Å². The van der Waals surface area contributed by atoms with Gasteiger partial charge in [-0.3, -0.25) is 0 Å². The monoisotopic (exact) mass is 969 g/mol. The second-order valence-corrected chi connectivity index (χ2v) is 21.7. The maximum absolute atomic E-state index is 2.53. The Hall–Kier alpha value is -8.20. The van der Waals surface area contributed by atoms with Crippen LogP contribution in [0.4, 0.5) is 17.1 Å². The summed E-state index contributed by atoms with van der Waals surface area (Å²) in [6.45, 7) is 7.03. The fraction of sp³-hybridized carbons (Fsp3) is 0.178. The number of benzene rings is 10. The van der Waals surface area contributed by atoms with Crippen molar-refractivity contribution in [2.75, 3.05) is 4.90 Å². The number of aromatic nitrogens is 1. The normalized spacial score (nSPS) is 13.9. The third kappa shape index (κ3) is 8.47. The average Bonchev–Trinajstić information content (AvgIpc) is 4.25. The van der Waals surface area contributed by atoms with E-state index >= 15 is 0 Å². The van der Waals surface area contributed by atoms with E-state index in [-0.39, 0.29) is 5.41 Å². The lowest BCUT2D eigenvalue weighted by atomic mass is 9.82. The van der Waals surface area contributed by atoms with Crippen molar-refractivity contribution in [1.82, 2.24) is 4.57 Å². The minimum absolute atomic E-state index is 0.143. The molecule has 0 amide bonds. The van der Waals surface area contributed by atoms with Gasteiger partial charge in [0.1, 0.15) is 0 Å². The third-order valence-corrected chi connectivity index (χ3v) is 16.8. The molecule has 2 heteroatoms. The van der Waals surface area contributed by atoms with Crippen molar-refractivity contribution < 1.29 is 0 Å². The lowest BCUT2D eigenvalue weighted by Crippen LogP contribution is -2.17. The van der Waals surface area contributed by atoms with Gasteiger partial charge in [-0.05, 0) is 159 Å². The van der Waals surface area contributed by atoms with Crippen molar-refractivity contribution in [3.05, 3.63) is 253 Å². The van der Waals surface area contributed by atoms with Gasteiger partial charge in [-0.1, -0.05) is 216 Å². The Bertz CT molecular complexity index is 3780. The summed E-state index contributed by atoms with van der Waals surface area (Å²) in [7, 11) is 0. The van der Waals surface area contributed by atoms with Gasteiger partial charge in [-0.25, -0.2) is 0 Å². The predicted octanol–water partition coefficient (Wildman–Crippen LogP) is 20.6. The van der Waals surface area contributed by atoms with Crippen molar-refractivity contribution in [3.63, 3.8) is 0 Å². The molecule has 0 atom stereocenters. The first-order chi connectivity index (χ1) is 36.9. The number of hydrogen-bond donors (Lipinski definition) is 0. The summed E-state index contributed by atoms with van der Waals surface area (Å²) in [4.78, 5) is 2.50. The van der Waals surface area contributed by atoms with Gasteiger partial charge in [0.05, 0.1) is 16.7 Å². The van der Waals surface area contributed by atoms with Gasteiger partial charge < -0.3 is 9.47 Å². The third-order valence-electron chi connectivity index (χ3n) is 16.8. The van der Waals surface area contributed by atoms with Crippen LogP contribution in [0.1, 0.15) is 93.9 Å². The van der Waals surface area contributed by atoms with Crippen molar-refractivity contribution in [1.29, 1.82) is 0 Å². The maximum atomic E-state index is 2.53. The van der Waals surface area contributed by atoms with Crippen molar-refractivity contribution in [2.45, 2.75) is 83.5 Å². The second-order valence-electron chi connectivity index (χ2n) is 21.7. The Balaban J connectivity index is 0.844. The molecule has 1 saturated carbocycles. The number of fused-ring (bicyclic) bond motifs is 6. The van der Waals surface area contributed by atoms with Crippen LogP contribution >= 0.6 is 0 Å². The zero-order chi connectivity index (χ0) is 50.5. The van der Waals surface area contributed by atoms with Gasteiger partial charge in [0.25, 0.3) is 0 Å². The molecule has 0 saturated heterocycles. The van der Waals surface area contributed by atoms with Gasteiger partial charge in [-0.2, -0.15) is 0 Å². The first kappa shape index (κ1) is 46.6. The van der Waals surface area contributed by atoms with E-state index in [0.29, 0.717) is 5.92 Å². The molecule has 0 N–H and O–H groups in total. The zero-order valence-corrected chi connectivity index (χ0v) is 43.6. The first-order valence-electron chi connectivity index (χ1n) is 27.6. The van der Waals surface area contributed by atoms with E-state index < -0.39 is 0 Å². The van der Waals surface area contributed by atoms with Gasteiger partial charge >= 0.3 is 0 Å². The van der Waals surface area contributed by atoms with Crippen LogP contribution in [-0.2, 0) is 11.8 Å². The maximum Gasteiger partial charge on any atom is 0.0618 e. The molecule has 13 rings (SSSR count). The first-order valence-corrected chi connectivity index (χ1v) is 27.6. The number of unbranched alkanes of at least 4 members (excludes halogenated alkanes) is 2. The van der Waals surface area contributed by atoms with Gasteiger partial charge in [0, 0.05) is 44.4 Å². The molecule has 0 bridgehead atoms. The van der Waals surface area contributed by atoms with Gasteiger partial charge in [0.15, 0.2) is 0 Å². The quantitative estimate of drug-likeness (QED) is 0.105. The predicted molar refractivity (Wildman–Crippen MR) is 319 cm³/mol. The van der Waals surface area contributed by atoms with E-state index in [4.69, 9.17) is 0 Å². The molecule has 2 aliphatic rings. The molecule has 0 radical (unpaired) electrons. The standard InChI is InChI=1S/C73H64N2/c1-4-5-8-18-50-29-45-70-66(47-50)67-48-58(51-19-13-14-20-51)38-46-71(67)75(70)60-41-36-55(37-42-60)53-32-30-52(31-33-53)54-34-39-59(40-35-54)74(61-43-44-65-64-25-15-16-28-68(64)73(2,3)69(65)49-61)72-62(56-21-9-6-10-22-56)26-17-27-63(72)57-23-11-7-12-24-57/h6-7,9-12,15-17,21-49,51H,4-5,8,13-14,18-20H2,1-3H3. The van der Waals surface area contributed by atoms with Crippen LogP contribution in [0.3, 0.4) is 0 Å². The highest BCUT2D eigenvalue weighted by molar-refractivity contribution is 6.10. The van der Waals surface area contributed by atoms with Crippen LogP contribution in [0.25, 0.3) is 83.1 Å². The fourth-order valence-corrected chi connectivity index (χ4v) is 12.8. The summed E-state index contributed by atoms with van der Waals surface area (Å²) in [5.41, 5.74) is 24.9. The average molecular weight is 969 g/mol. The lowest BCUT2D eigenvalue weighted by Gasteiger charge is -2.32. The highest BCUT2D eigenvalue weighted by atomic mass is 15.1. The van der Waals surface area contributed by atoms with E-state index in [1.165, 1.54) is 150 Å². The molecule has 0 aliphatic heterocycles. The van der Waals surface area contributed by atoms with Crippen LogP contribution in [0.15, 0.2) is 231 Å². The molecule has 0 spiro atoms. The minimum Gasteiger partial charge on any atom is -0.309 e. The minimum atomic E-state index is -0.143. The highest BCUT2D eigenvalue weighted by Crippen LogP contribution is 2.53. The summed E-state index contributed by atoms with van der Waals surface area (Å²) >= 11 is 0. The van der Waals surface area contributed by atoms with Crippen LogP contribution in [0.2, 0.25) is 0 Å². The molecular formula is C73H64N2. The number of anilines is 3. The number of para-hydroxylation sites is 1. The molecule has 0 unspecified atom stereocenters. The Labute approximate surface area is 443 Å². The second kappa shape index (κ2) is 19.6. The molecular weight excluding hydrogens is 905 g/mol. The highest BCUT2D eigenvalue weighted by Gasteiger charge is 2.36. The summed E-state index contributed by atoms with van der Waals surface area (Å²) < 4.78 is 2.49. The zero-order valence-electron chi connectivity index (χ0n) is 43.6. The Morgan fingerprint density at radius 1 is 0.440 bits per heavy atom. The summed E-state index contributed by atoms with van der Waals surface area (Å²) in [6, 6.07) is 86.6. The fourth-order valence-electron chi connectivity index (χ4n) is 12.8. The topological polar surface area (TPSA) is 8.17 Å². The lowest BCUT2D eigenvalue weighted by molar-refractivity contribution is 0.660. The Kier molecular flexibility index (Phi) is 12.2. The van der Waals surface area contributed by atoms with E-state index in [2.05, 4.69) is 261 Å². The number of aryl methyl sites for hydroxylation is 1. The van der Waals surface area contributed by atoms with Crippen molar-refractivity contribution in [3.8, 4) is 61.3 Å². The molecule has 2 nitrogen and oxygen atoms in total. The van der Waals surface area contributed by atoms with E-state index in [9.17, 15) is 0 Å². The summed E-state index contributed by atoms with van der Waals surface area (Å²) in [6.07, 6.45) is 10.2. The smallest absolute Gasteiger partial charge is 0.0618 e. The molecule has 11 aromatic rings.